The van der Waals surface area contributed by atoms with Crippen molar-refractivity contribution in [3.05, 3.63) is 58.1 Å². The monoisotopic (exact) mass is 571 g/mol. The molecule has 2 rings (SSSR count). The number of sulfonamides is 1. The third kappa shape index (κ3) is 9.09. The summed E-state index contributed by atoms with van der Waals surface area (Å²) in [4.78, 5) is 27.7. The number of benzene rings is 2. The van der Waals surface area contributed by atoms with Gasteiger partial charge in [-0.15, -0.1) is 0 Å². The molecule has 1 N–H and O–H groups in total. The second kappa shape index (κ2) is 13.9. The van der Waals surface area contributed by atoms with E-state index in [4.69, 9.17) is 27.9 Å². The molecule has 0 aliphatic carbocycles. The number of hydrogen-bond acceptors (Lipinski definition) is 5. The Labute approximate surface area is 229 Å². The molecule has 0 saturated heterocycles. The molecule has 0 aliphatic heterocycles. The van der Waals surface area contributed by atoms with E-state index in [2.05, 4.69) is 5.32 Å². The van der Waals surface area contributed by atoms with E-state index in [0.29, 0.717) is 21.5 Å². The zero-order valence-electron chi connectivity index (χ0n) is 21.8. The lowest BCUT2D eigenvalue weighted by Crippen LogP contribution is -2.49. The molecule has 0 heterocycles. The van der Waals surface area contributed by atoms with Gasteiger partial charge in [0.05, 0.1) is 29.1 Å². The minimum absolute atomic E-state index is 0.0373. The number of rotatable bonds is 13. The highest BCUT2D eigenvalue weighted by atomic mass is 35.5. The predicted octanol–water partition coefficient (Wildman–Crippen LogP) is 4.88. The fourth-order valence-electron chi connectivity index (χ4n) is 3.64. The molecule has 0 fully saturated rings. The lowest BCUT2D eigenvalue weighted by molar-refractivity contribution is -0.140. The third-order valence-electron chi connectivity index (χ3n) is 6.02. The number of anilines is 1. The van der Waals surface area contributed by atoms with Crippen LogP contribution in [-0.2, 0) is 26.2 Å². The number of hydrogen-bond donors (Lipinski definition) is 1. The lowest BCUT2D eigenvalue weighted by Gasteiger charge is -2.30. The maximum Gasteiger partial charge on any atom is 0.242 e. The van der Waals surface area contributed by atoms with Crippen molar-refractivity contribution in [1.29, 1.82) is 0 Å². The molecule has 0 radical (unpaired) electrons. The Balaban J connectivity index is 2.19. The topological polar surface area (TPSA) is 96.0 Å². The zero-order chi connectivity index (χ0) is 27.8. The fourth-order valence-corrected chi connectivity index (χ4v) is 4.92. The second-order valence-electron chi connectivity index (χ2n) is 8.90. The van der Waals surface area contributed by atoms with Gasteiger partial charge in [0.25, 0.3) is 0 Å². The molecular weight excluding hydrogens is 537 g/mol. The van der Waals surface area contributed by atoms with E-state index in [-0.39, 0.29) is 43.8 Å². The predicted molar refractivity (Wildman–Crippen MR) is 149 cm³/mol. The summed E-state index contributed by atoms with van der Waals surface area (Å²) < 4.78 is 31.3. The molecule has 11 heteroatoms. The van der Waals surface area contributed by atoms with Gasteiger partial charge in [0.1, 0.15) is 11.8 Å². The summed E-state index contributed by atoms with van der Waals surface area (Å²) in [5, 5.41) is 3.67. The molecule has 2 aromatic carbocycles. The summed E-state index contributed by atoms with van der Waals surface area (Å²) in [6.07, 6.45) is 2.18. The number of ether oxygens (including phenoxy) is 1. The Morgan fingerprint density at radius 3 is 2.24 bits per heavy atom. The van der Waals surface area contributed by atoms with Crippen LogP contribution >= 0.6 is 23.2 Å². The average molecular weight is 573 g/mol. The zero-order valence-corrected chi connectivity index (χ0v) is 24.2. The van der Waals surface area contributed by atoms with Crippen molar-refractivity contribution in [3.63, 3.8) is 0 Å². The van der Waals surface area contributed by atoms with Gasteiger partial charge in [-0.1, -0.05) is 36.2 Å². The van der Waals surface area contributed by atoms with Gasteiger partial charge in [-0.3, -0.25) is 13.9 Å². The van der Waals surface area contributed by atoms with E-state index in [0.717, 1.165) is 18.2 Å². The van der Waals surface area contributed by atoms with E-state index < -0.39 is 16.1 Å². The highest BCUT2D eigenvalue weighted by Gasteiger charge is 2.27. The summed E-state index contributed by atoms with van der Waals surface area (Å²) in [6.45, 7) is 5.79. The summed E-state index contributed by atoms with van der Waals surface area (Å²) in [7, 11) is -2.05. The van der Waals surface area contributed by atoms with Crippen molar-refractivity contribution >= 4 is 50.7 Å². The van der Waals surface area contributed by atoms with Crippen molar-refractivity contribution in [1.82, 2.24) is 10.2 Å². The molecule has 8 nitrogen and oxygen atoms in total. The van der Waals surface area contributed by atoms with Crippen LogP contribution in [0.15, 0.2) is 42.5 Å². The van der Waals surface area contributed by atoms with Crippen molar-refractivity contribution < 1.29 is 22.7 Å². The first-order valence-electron chi connectivity index (χ1n) is 12.0. The maximum absolute atomic E-state index is 13.4. The minimum atomic E-state index is -3.58. The quantitative estimate of drug-likeness (QED) is 0.369. The molecule has 37 heavy (non-hydrogen) atoms. The maximum atomic E-state index is 13.4. The molecule has 0 bridgehead atoms. The minimum Gasteiger partial charge on any atom is -0.497 e. The van der Waals surface area contributed by atoms with Crippen LogP contribution < -0.4 is 14.4 Å². The molecule has 0 unspecified atom stereocenters. The SMILES string of the molecule is CC[C@@H](C)NC(=O)[C@H](C)N(Cc1ccc(Cl)c(Cl)c1)C(=O)CCCN(c1ccc(OC)cc1)S(C)(=O)=O. The smallest absolute Gasteiger partial charge is 0.242 e. The van der Waals surface area contributed by atoms with Gasteiger partial charge >= 0.3 is 0 Å². The molecule has 0 aliphatic rings. The molecule has 0 spiro atoms. The van der Waals surface area contributed by atoms with E-state index in [1.165, 1.54) is 16.3 Å². The molecule has 2 amide bonds. The summed E-state index contributed by atoms with van der Waals surface area (Å²) >= 11 is 12.2. The summed E-state index contributed by atoms with van der Waals surface area (Å²) in [5.74, 6) is 0.0646. The lowest BCUT2D eigenvalue weighted by atomic mass is 10.1. The molecule has 0 aromatic heterocycles. The molecule has 204 valence electrons. The van der Waals surface area contributed by atoms with Crippen molar-refractivity contribution in [3.8, 4) is 5.75 Å². The first-order chi connectivity index (χ1) is 17.4. The Kier molecular flexibility index (Phi) is 11.5. The average Bonchev–Trinajstić information content (AvgIpc) is 2.85. The normalized spacial score (nSPS) is 12.9. The fraction of sp³-hybridized carbons (Fsp3) is 0.462. The summed E-state index contributed by atoms with van der Waals surface area (Å²) in [6, 6.07) is 10.9. The highest BCUT2D eigenvalue weighted by Crippen LogP contribution is 2.25. The van der Waals surface area contributed by atoms with Crippen LogP contribution in [0.2, 0.25) is 10.0 Å². The molecule has 0 saturated carbocycles. The number of amides is 2. The number of carbonyl (C=O) groups excluding carboxylic acids is 2. The number of nitrogens with one attached hydrogen (secondary N) is 1. The first-order valence-corrected chi connectivity index (χ1v) is 14.6. The highest BCUT2D eigenvalue weighted by molar-refractivity contribution is 7.92. The van der Waals surface area contributed by atoms with Crippen molar-refractivity contribution in [2.45, 2.75) is 58.7 Å². The van der Waals surface area contributed by atoms with Gasteiger partial charge in [0.15, 0.2) is 0 Å². The van der Waals surface area contributed by atoms with Crippen LogP contribution in [0.1, 0.15) is 45.6 Å². The van der Waals surface area contributed by atoms with Crippen LogP contribution in [0.4, 0.5) is 5.69 Å². The van der Waals surface area contributed by atoms with Gasteiger partial charge in [0, 0.05) is 25.6 Å². The Morgan fingerprint density at radius 2 is 1.70 bits per heavy atom. The van der Waals surface area contributed by atoms with Crippen molar-refractivity contribution in [2.24, 2.45) is 0 Å². The summed E-state index contributed by atoms with van der Waals surface area (Å²) in [5.41, 5.74) is 1.20. The Hall–Kier alpha value is -2.49. The van der Waals surface area contributed by atoms with Crippen molar-refractivity contribution in [2.75, 3.05) is 24.2 Å². The standard InChI is InChI=1S/C26H35Cl2N3O5S/c1-6-18(2)29-26(33)19(3)30(17-20-9-14-23(27)24(28)16-20)25(32)8-7-15-31(37(5,34)35)21-10-12-22(36-4)13-11-21/h9-14,16,18-19H,6-8,15,17H2,1-5H3,(H,29,33)/t18-,19+/m1/s1. The number of methoxy groups -OCH3 is 1. The first kappa shape index (κ1) is 30.7. The van der Waals surface area contributed by atoms with Crippen LogP contribution in [0.5, 0.6) is 5.75 Å². The number of carbonyl (C=O) groups is 2. The van der Waals surface area contributed by atoms with Gasteiger partial charge in [-0.05, 0) is 68.7 Å². The second-order valence-corrected chi connectivity index (χ2v) is 11.6. The Bertz CT molecular complexity index is 1180. The van der Waals surface area contributed by atoms with Crippen LogP contribution in [-0.4, -0.2) is 57.1 Å². The van der Waals surface area contributed by atoms with Gasteiger partial charge in [-0.2, -0.15) is 0 Å². The van der Waals surface area contributed by atoms with E-state index in [9.17, 15) is 18.0 Å². The van der Waals surface area contributed by atoms with E-state index in [1.54, 1.807) is 49.4 Å². The Morgan fingerprint density at radius 1 is 1.05 bits per heavy atom. The van der Waals surface area contributed by atoms with Crippen LogP contribution in [0.25, 0.3) is 0 Å². The molecular formula is C26H35Cl2N3O5S. The van der Waals surface area contributed by atoms with E-state index in [1.807, 2.05) is 13.8 Å². The number of halogens is 2. The third-order valence-corrected chi connectivity index (χ3v) is 7.95. The number of nitrogens with zero attached hydrogens (tertiary/aromatic N) is 2. The largest absolute Gasteiger partial charge is 0.497 e. The van der Waals surface area contributed by atoms with Crippen LogP contribution in [0, 0.1) is 0 Å². The van der Waals surface area contributed by atoms with Gasteiger partial charge in [0.2, 0.25) is 21.8 Å². The molecule has 2 atom stereocenters. The van der Waals surface area contributed by atoms with Gasteiger partial charge < -0.3 is 15.0 Å². The van der Waals surface area contributed by atoms with Crippen LogP contribution in [0.3, 0.4) is 0 Å². The molecule has 2 aromatic rings. The van der Waals surface area contributed by atoms with Gasteiger partial charge in [-0.25, -0.2) is 8.42 Å². The van der Waals surface area contributed by atoms with E-state index >= 15 is 0 Å².